The molecule has 1 heterocycles. The number of benzene rings is 1. The van der Waals surface area contributed by atoms with E-state index in [9.17, 15) is 0 Å². The molecule has 3 nitrogen and oxygen atoms in total. The molecule has 0 atom stereocenters. The average Bonchev–Trinajstić information content (AvgIpc) is 2.59. The molecule has 2 rings (SSSR count). The average molecular weight is 284 g/mol. The van der Waals surface area contributed by atoms with Gasteiger partial charge in [0.2, 0.25) is 5.90 Å². The van der Waals surface area contributed by atoms with Crippen LogP contribution in [0.15, 0.2) is 27.7 Å². The van der Waals surface area contributed by atoms with Crippen molar-refractivity contribution < 1.29 is 9.47 Å². The van der Waals surface area contributed by atoms with Crippen LogP contribution in [0.25, 0.3) is 0 Å². The third kappa shape index (κ3) is 2.21. The summed E-state index contributed by atoms with van der Waals surface area (Å²) in [5.74, 6) is 1.48. The molecular weight excluding hydrogens is 270 g/mol. The van der Waals surface area contributed by atoms with Crippen LogP contribution in [-0.4, -0.2) is 25.2 Å². The van der Waals surface area contributed by atoms with Gasteiger partial charge in [0, 0.05) is 5.56 Å². The van der Waals surface area contributed by atoms with E-state index in [0.717, 1.165) is 15.8 Å². The van der Waals surface area contributed by atoms with Crippen LogP contribution in [0.4, 0.5) is 0 Å². The molecule has 0 aromatic heterocycles. The van der Waals surface area contributed by atoms with Gasteiger partial charge in [-0.2, -0.15) is 0 Å². The van der Waals surface area contributed by atoms with Crippen LogP contribution in [0.5, 0.6) is 5.75 Å². The predicted molar refractivity (Wildman–Crippen MR) is 67.3 cm³/mol. The Morgan fingerprint density at radius 1 is 1.44 bits per heavy atom. The van der Waals surface area contributed by atoms with Crippen LogP contribution in [0.1, 0.15) is 19.4 Å². The lowest BCUT2D eigenvalue weighted by Crippen LogP contribution is -2.17. The fourth-order valence-electron chi connectivity index (χ4n) is 1.53. The van der Waals surface area contributed by atoms with Crippen molar-refractivity contribution in [3.8, 4) is 5.75 Å². The van der Waals surface area contributed by atoms with Crippen LogP contribution in [0, 0.1) is 0 Å². The Balaban J connectivity index is 2.35. The maximum atomic E-state index is 5.57. The van der Waals surface area contributed by atoms with Crippen LogP contribution >= 0.6 is 15.9 Å². The molecular formula is C12H14BrNO2. The van der Waals surface area contributed by atoms with E-state index in [1.54, 1.807) is 7.11 Å². The number of rotatable bonds is 2. The van der Waals surface area contributed by atoms with Crippen molar-refractivity contribution >= 4 is 21.8 Å². The summed E-state index contributed by atoms with van der Waals surface area (Å²) in [6.07, 6.45) is 0. The molecule has 1 aliphatic rings. The second kappa shape index (κ2) is 4.09. The summed E-state index contributed by atoms with van der Waals surface area (Å²) >= 11 is 3.42. The Kier molecular flexibility index (Phi) is 2.93. The van der Waals surface area contributed by atoms with Gasteiger partial charge in [0.25, 0.3) is 0 Å². The van der Waals surface area contributed by atoms with E-state index in [-0.39, 0.29) is 5.54 Å². The van der Waals surface area contributed by atoms with Crippen molar-refractivity contribution in [2.45, 2.75) is 19.4 Å². The van der Waals surface area contributed by atoms with Gasteiger partial charge in [-0.1, -0.05) is 0 Å². The Morgan fingerprint density at radius 3 is 2.75 bits per heavy atom. The van der Waals surface area contributed by atoms with E-state index in [2.05, 4.69) is 34.8 Å². The topological polar surface area (TPSA) is 30.8 Å². The van der Waals surface area contributed by atoms with E-state index in [0.29, 0.717) is 12.5 Å². The molecule has 0 amide bonds. The monoisotopic (exact) mass is 283 g/mol. The molecule has 86 valence electrons. The Hall–Kier alpha value is -1.03. The first-order valence-corrected chi connectivity index (χ1v) is 5.88. The minimum absolute atomic E-state index is 0.129. The second-order valence-corrected chi connectivity index (χ2v) is 5.22. The van der Waals surface area contributed by atoms with Crippen LogP contribution in [0.3, 0.4) is 0 Å². The van der Waals surface area contributed by atoms with E-state index < -0.39 is 0 Å². The summed E-state index contributed by atoms with van der Waals surface area (Å²) in [6.45, 7) is 4.73. The Morgan fingerprint density at radius 2 is 2.19 bits per heavy atom. The highest BCUT2D eigenvalue weighted by Gasteiger charge is 2.27. The molecule has 0 saturated carbocycles. The minimum Gasteiger partial charge on any atom is -0.496 e. The summed E-state index contributed by atoms with van der Waals surface area (Å²) in [6, 6.07) is 5.82. The molecule has 0 fully saturated rings. The number of hydrogen-bond donors (Lipinski definition) is 0. The lowest BCUT2D eigenvalue weighted by molar-refractivity contribution is 0.279. The molecule has 0 radical (unpaired) electrons. The van der Waals surface area contributed by atoms with Crippen molar-refractivity contribution in [1.82, 2.24) is 0 Å². The van der Waals surface area contributed by atoms with Gasteiger partial charge < -0.3 is 9.47 Å². The van der Waals surface area contributed by atoms with Crippen molar-refractivity contribution in [3.05, 3.63) is 28.2 Å². The number of methoxy groups -OCH3 is 1. The highest BCUT2D eigenvalue weighted by atomic mass is 79.9. The molecule has 1 aromatic carbocycles. The minimum atomic E-state index is -0.129. The van der Waals surface area contributed by atoms with Gasteiger partial charge >= 0.3 is 0 Å². The van der Waals surface area contributed by atoms with E-state index in [1.807, 2.05) is 18.2 Å². The zero-order chi connectivity index (χ0) is 11.8. The first-order valence-electron chi connectivity index (χ1n) is 5.08. The van der Waals surface area contributed by atoms with Gasteiger partial charge in [0.1, 0.15) is 12.4 Å². The normalized spacial score (nSPS) is 17.9. The number of aliphatic imine (C=N–C) groups is 1. The standard InChI is InChI=1S/C12H14BrNO2/c1-12(2)7-16-11(14-12)8-4-5-9(13)10(6-8)15-3/h4-6H,7H2,1-3H3. The van der Waals surface area contributed by atoms with Gasteiger partial charge in [0.15, 0.2) is 0 Å². The highest BCUT2D eigenvalue weighted by molar-refractivity contribution is 9.10. The van der Waals surface area contributed by atoms with Gasteiger partial charge in [-0.3, -0.25) is 0 Å². The smallest absolute Gasteiger partial charge is 0.216 e. The van der Waals surface area contributed by atoms with E-state index in [4.69, 9.17) is 9.47 Å². The summed E-state index contributed by atoms with van der Waals surface area (Å²) in [5.41, 5.74) is 0.820. The van der Waals surface area contributed by atoms with Gasteiger partial charge in [-0.25, -0.2) is 4.99 Å². The van der Waals surface area contributed by atoms with Gasteiger partial charge in [-0.05, 0) is 48.0 Å². The first-order chi connectivity index (χ1) is 7.52. The summed E-state index contributed by atoms with van der Waals surface area (Å²) in [5, 5.41) is 0. The summed E-state index contributed by atoms with van der Waals surface area (Å²) < 4.78 is 11.7. The molecule has 0 spiro atoms. The SMILES string of the molecule is COc1cc(C2=NC(C)(C)CO2)ccc1Br. The fourth-order valence-corrected chi connectivity index (χ4v) is 1.93. The molecule has 0 unspecified atom stereocenters. The molecule has 1 aromatic rings. The number of halogens is 1. The van der Waals surface area contributed by atoms with Crippen molar-refractivity contribution in [2.24, 2.45) is 4.99 Å². The molecule has 4 heteroatoms. The lowest BCUT2D eigenvalue weighted by atomic mass is 10.1. The molecule has 0 N–H and O–H groups in total. The Bertz CT molecular complexity index is 441. The summed E-state index contributed by atoms with van der Waals surface area (Å²) in [7, 11) is 1.64. The van der Waals surface area contributed by atoms with Gasteiger partial charge in [-0.15, -0.1) is 0 Å². The zero-order valence-electron chi connectivity index (χ0n) is 9.58. The van der Waals surface area contributed by atoms with E-state index in [1.165, 1.54) is 0 Å². The fraction of sp³-hybridized carbons (Fsp3) is 0.417. The maximum absolute atomic E-state index is 5.57. The van der Waals surface area contributed by atoms with Crippen LogP contribution in [0.2, 0.25) is 0 Å². The highest BCUT2D eigenvalue weighted by Crippen LogP contribution is 2.28. The molecule has 0 aliphatic carbocycles. The summed E-state index contributed by atoms with van der Waals surface area (Å²) in [4.78, 5) is 4.52. The van der Waals surface area contributed by atoms with Crippen molar-refractivity contribution in [2.75, 3.05) is 13.7 Å². The second-order valence-electron chi connectivity index (χ2n) is 4.37. The predicted octanol–water partition coefficient (Wildman–Crippen LogP) is 3.01. The van der Waals surface area contributed by atoms with Gasteiger partial charge in [0.05, 0.1) is 17.1 Å². The number of hydrogen-bond acceptors (Lipinski definition) is 3. The quantitative estimate of drug-likeness (QED) is 0.835. The lowest BCUT2D eigenvalue weighted by Gasteiger charge is -2.07. The third-order valence-corrected chi connectivity index (χ3v) is 3.02. The van der Waals surface area contributed by atoms with Crippen LogP contribution in [-0.2, 0) is 4.74 Å². The van der Waals surface area contributed by atoms with Crippen molar-refractivity contribution in [1.29, 1.82) is 0 Å². The number of nitrogens with zero attached hydrogens (tertiary/aromatic N) is 1. The molecule has 0 bridgehead atoms. The molecule has 0 saturated heterocycles. The van der Waals surface area contributed by atoms with E-state index >= 15 is 0 Å². The molecule has 16 heavy (non-hydrogen) atoms. The zero-order valence-corrected chi connectivity index (χ0v) is 11.2. The third-order valence-electron chi connectivity index (χ3n) is 2.36. The van der Waals surface area contributed by atoms with Crippen LogP contribution < -0.4 is 4.74 Å². The Labute approximate surface area is 104 Å². The van der Waals surface area contributed by atoms with Crippen molar-refractivity contribution in [3.63, 3.8) is 0 Å². The number of ether oxygens (including phenoxy) is 2. The first kappa shape index (κ1) is 11.5. The molecule has 1 aliphatic heterocycles. The maximum Gasteiger partial charge on any atom is 0.216 e. The largest absolute Gasteiger partial charge is 0.496 e.